The molecule has 0 bridgehead atoms. The fourth-order valence-electron chi connectivity index (χ4n) is 0.878. The van der Waals surface area contributed by atoms with E-state index in [0.717, 1.165) is 6.42 Å². The van der Waals surface area contributed by atoms with Crippen LogP contribution in [0, 0.1) is 0 Å². The number of nitrogens with one attached hydrogen (secondary N) is 1. The fraction of sp³-hybridized carbons (Fsp3) is 0.400. The van der Waals surface area contributed by atoms with E-state index in [0.29, 0.717) is 25.0 Å². The third-order valence-corrected chi connectivity index (χ3v) is 1.49. The molecule has 0 aromatic carbocycles. The Bertz CT molecular complexity index is 288. The molecular weight excluding hydrogens is 178 g/mol. The Kier molecular flexibility index (Phi) is 4.47. The Morgan fingerprint density at radius 2 is 2.50 bits per heavy atom. The van der Waals surface area contributed by atoms with Crippen molar-refractivity contribution >= 4 is 5.95 Å². The lowest BCUT2D eigenvalue weighted by molar-refractivity contribution is 0.305. The Balaban J connectivity index is 2.54. The summed E-state index contributed by atoms with van der Waals surface area (Å²) in [5.41, 5.74) is 0. The minimum absolute atomic E-state index is 0.568. The standard InChI is InChI=1S/C10H15N3O/c1-3-6-11-10-12-7-5-9(13-10)14-8-4-2/h3,5,7H,1,4,6,8H2,2H3,(H,11,12,13). The third kappa shape index (κ3) is 3.43. The second-order valence-corrected chi connectivity index (χ2v) is 2.74. The van der Waals surface area contributed by atoms with Gasteiger partial charge in [-0.3, -0.25) is 0 Å². The molecule has 1 aromatic rings. The van der Waals surface area contributed by atoms with Crippen LogP contribution in [-0.2, 0) is 0 Å². The summed E-state index contributed by atoms with van der Waals surface area (Å²) in [5, 5.41) is 2.99. The Morgan fingerprint density at radius 1 is 1.64 bits per heavy atom. The molecule has 0 saturated carbocycles. The van der Waals surface area contributed by atoms with Crippen molar-refractivity contribution < 1.29 is 4.74 Å². The van der Waals surface area contributed by atoms with Crippen molar-refractivity contribution in [2.24, 2.45) is 0 Å². The molecule has 0 spiro atoms. The zero-order valence-corrected chi connectivity index (χ0v) is 8.36. The summed E-state index contributed by atoms with van der Waals surface area (Å²) in [6.07, 6.45) is 4.39. The lowest BCUT2D eigenvalue weighted by Crippen LogP contribution is -2.04. The van der Waals surface area contributed by atoms with E-state index in [9.17, 15) is 0 Å². The average molecular weight is 193 g/mol. The molecule has 1 heterocycles. The van der Waals surface area contributed by atoms with Crippen molar-refractivity contribution in [1.82, 2.24) is 9.97 Å². The molecule has 0 unspecified atom stereocenters. The summed E-state index contributed by atoms with van der Waals surface area (Å²) in [5.74, 6) is 1.17. The maximum Gasteiger partial charge on any atom is 0.226 e. The van der Waals surface area contributed by atoms with E-state index in [1.807, 2.05) is 0 Å². The van der Waals surface area contributed by atoms with E-state index in [1.165, 1.54) is 0 Å². The van der Waals surface area contributed by atoms with Crippen LogP contribution < -0.4 is 10.1 Å². The highest BCUT2D eigenvalue weighted by Crippen LogP contribution is 2.07. The number of nitrogens with zero attached hydrogens (tertiary/aromatic N) is 2. The van der Waals surface area contributed by atoms with Crippen molar-refractivity contribution in [3.63, 3.8) is 0 Å². The van der Waals surface area contributed by atoms with Gasteiger partial charge in [0, 0.05) is 18.8 Å². The average Bonchev–Trinajstić information content (AvgIpc) is 2.24. The van der Waals surface area contributed by atoms with Gasteiger partial charge in [-0.25, -0.2) is 4.98 Å². The zero-order chi connectivity index (χ0) is 10.2. The minimum atomic E-state index is 0.568. The number of hydrogen-bond acceptors (Lipinski definition) is 4. The van der Waals surface area contributed by atoms with Crippen molar-refractivity contribution in [2.45, 2.75) is 13.3 Å². The van der Waals surface area contributed by atoms with Gasteiger partial charge in [0.05, 0.1) is 6.61 Å². The first kappa shape index (κ1) is 10.5. The van der Waals surface area contributed by atoms with Gasteiger partial charge in [0.15, 0.2) is 0 Å². The summed E-state index contributed by atoms with van der Waals surface area (Å²) in [4.78, 5) is 8.19. The molecule has 0 radical (unpaired) electrons. The lowest BCUT2D eigenvalue weighted by atomic mass is 10.5. The number of aromatic nitrogens is 2. The van der Waals surface area contributed by atoms with Crippen molar-refractivity contribution in [2.75, 3.05) is 18.5 Å². The van der Waals surface area contributed by atoms with Gasteiger partial charge in [0.2, 0.25) is 11.8 Å². The predicted molar refractivity (Wildman–Crippen MR) is 56.5 cm³/mol. The number of ether oxygens (including phenoxy) is 1. The van der Waals surface area contributed by atoms with Gasteiger partial charge < -0.3 is 10.1 Å². The van der Waals surface area contributed by atoms with Gasteiger partial charge >= 0.3 is 0 Å². The molecule has 0 aliphatic carbocycles. The van der Waals surface area contributed by atoms with Crippen LogP contribution in [0.4, 0.5) is 5.95 Å². The van der Waals surface area contributed by atoms with Gasteiger partial charge in [-0.05, 0) is 6.42 Å². The SMILES string of the molecule is C=CCNc1nccc(OCCC)n1. The lowest BCUT2D eigenvalue weighted by Gasteiger charge is -2.05. The first-order chi connectivity index (χ1) is 6.86. The molecule has 4 nitrogen and oxygen atoms in total. The number of anilines is 1. The molecule has 1 aromatic heterocycles. The summed E-state index contributed by atoms with van der Waals surface area (Å²) in [6, 6.07) is 1.74. The molecule has 0 atom stereocenters. The smallest absolute Gasteiger partial charge is 0.226 e. The molecule has 0 saturated heterocycles. The van der Waals surface area contributed by atoms with Crippen molar-refractivity contribution in [1.29, 1.82) is 0 Å². The highest BCUT2D eigenvalue weighted by Gasteiger charge is 1.97. The Morgan fingerprint density at radius 3 is 3.21 bits per heavy atom. The highest BCUT2D eigenvalue weighted by molar-refractivity contribution is 5.28. The van der Waals surface area contributed by atoms with E-state index in [1.54, 1.807) is 18.3 Å². The largest absolute Gasteiger partial charge is 0.478 e. The van der Waals surface area contributed by atoms with E-state index in [4.69, 9.17) is 4.74 Å². The fourth-order valence-corrected chi connectivity index (χ4v) is 0.878. The number of rotatable bonds is 6. The maximum atomic E-state index is 5.36. The van der Waals surface area contributed by atoms with Crippen LogP contribution in [0.1, 0.15) is 13.3 Å². The van der Waals surface area contributed by atoms with Crippen LogP contribution in [0.25, 0.3) is 0 Å². The van der Waals surface area contributed by atoms with Crippen LogP contribution in [0.3, 0.4) is 0 Å². The molecule has 14 heavy (non-hydrogen) atoms. The summed E-state index contributed by atoms with van der Waals surface area (Å²) in [7, 11) is 0. The van der Waals surface area contributed by atoms with Gasteiger partial charge in [0.25, 0.3) is 0 Å². The van der Waals surface area contributed by atoms with Crippen molar-refractivity contribution in [3.8, 4) is 5.88 Å². The molecule has 0 amide bonds. The van der Waals surface area contributed by atoms with Crippen LogP contribution in [0.5, 0.6) is 5.88 Å². The molecule has 0 fully saturated rings. The first-order valence-corrected chi connectivity index (χ1v) is 4.67. The first-order valence-electron chi connectivity index (χ1n) is 4.67. The predicted octanol–water partition coefficient (Wildman–Crippen LogP) is 1.86. The van der Waals surface area contributed by atoms with E-state index in [-0.39, 0.29) is 0 Å². The molecule has 1 rings (SSSR count). The van der Waals surface area contributed by atoms with Crippen LogP contribution >= 0.6 is 0 Å². The molecule has 1 N–H and O–H groups in total. The second-order valence-electron chi connectivity index (χ2n) is 2.74. The summed E-state index contributed by atoms with van der Waals surface area (Å²) >= 11 is 0. The molecule has 4 heteroatoms. The van der Waals surface area contributed by atoms with Crippen molar-refractivity contribution in [3.05, 3.63) is 24.9 Å². The minimum Gasteiger partial charge on any atom is -0.478 e. The Hall–Kier alpha value is -1.58. The van der Waals surface area contributed by atoms with Gasteiger partial charge in [-0.1, -0.05) is 13.0 Å². The van der Waals surface area contributed by atoms with Gasteiger partial charge in [-0.2, -0.15) is 4.98 Å². The van der Waals surface area contributed by atoms with Crippen LogP contribution in [0.15, 0.2) is 24.9 Å². The zero-order valence-electron chi connectivity index (χ0n) is 8.36. The number of hydrogen-bond donors (Lipinski definition) is 1. The monoisotopic (exact) mass is 193 g/mol. The molecule has 76 valence electrons. The third-order valence-electron chi connectivity index (χ3n) is 1.49. The summed E-state index contributed by atoms with van der Waals surface area (Å²) < 4.78 is 5.36. The van der Waals surface area contributed by atoms with Crippen LogP contribution in [0.2, 0.25) is 0 Å². The van der Waals surface area contributed by atoms with E-state index < -0.39 is 0 Å². The van der Waals surface area contributed by atoms with Crippen LogP contribution in [-0.4, -0.2) is 23.1 Å². The quantitative estimate of drug-likeness (QED) is 0.700. The topological polar surface area (TPSA) is 47.0 Å². The molecule has 0 aliphatic heterocycles. The summed E-state index contributed by atoms with van der Waals surface area (Å²) in [6.45, 7) is 6.98. The molecular formula is C10H15N3O. The Labute approximate surface area is 84.0 Å². The van der Waals surface area contributed by atoms with Gasteiger partial charge in [-0.15, -0.1) is 6.58 Å². The van der Waals surface area contributed by atoms with E-state index in [2.05, 4.69) is 28.8 Å². The second kappa shape index (κ2) is 5.96. The molecule has 0 aliphatic rings. The highest BCUT2D eigenvalue weighted by atomic mass is 16.5. The normalized spacial score (nSPS) is 9.50. The van der Waals surface area contributed by atoms with Gasteiger partial charge in [0.1, 0.15) is 0 Å². The maximum absolute atomic E-state index is 5.36. The van der Waals surface area contributed by atoms with E-state index >= 15 is 0 Å².